The van der Waals surface area contributed by atoms with Crippen LogP contribution in [-0.2, 0) is 0 Å². The molecule has 0 aliphatic carbocycles. The first kappa shape index (κ1) is 14.8. The van der Waals surface area contributed by atoms with Crippen molar-refractivity contribution in [1.29, 1.82) is 0 Å². The van der Waals surface area contributed by atoms with Gasteiger partial charge in [0.2, 0.25) is 0 Å². The standard InChI is InChI=1S/C13H20ClN3O/c1-8(13(2,3)4)6-17-12(18)10-5-9(15)7-16-11(10)14/h5,7-8H,6,15H2,1-4H3,(H,17,18). The largest absolute Gasteiger partial charge is 0.397 e. The molecule has 0 bridgehead atoms. The Morgan fingerprint density at radius 2 is 2.17 bits per heavy atom. The Labute approximate surface area is 113 Å². The predicted molar refractivity (Wildman–Crippen MR) is 74.6 cm³/mol. The molecule has 0 fully saturated rings. The van der Waals surface area contributed by atoms with Crippen molar-refractivity contribution in [2.45, 2.75) is 27.7 Å². The first-order valence-corrected chi connectivity index (χ1v) is 6.29. The molecule has 0 aliphatic heterocycles. The fourth-order valence-electron chi connectivity index (χ4n) is 1.27. The first-order chi connectivity index (χ1) is 8.21. The van der Waals surface area contributed by atoms with Gasteiger partial charge >= 0.3 is 0 Å². The lowest BCUT2D eigenvalue weighted by Crippen LogP contribution is -2.33. The summed E-state index contributed by atoms with van der Waals surface area (Å²) >= 11 is 5.87. The van der Waals surface area contributed by atoms with Crippen LogP contribution in [0, 0.1) is 11.3 Å². The number of nitrogens with two attached hydrogens (primary N) is 1. The van der Waals surface area contributed by atoms with Crippen molar-refractivity contribution >= 4 is 23.2 Å². The lowest BCUT2D eigenvalue weighted by molar-refractivity contribution is 0.0937. The van der Waals surface area contributed by atoms with E-state index in [2.05, 4.69) is 38.0 Å². The van der Waals surface area contributed by atoms with E-state index >= 15 is 0 Å². The number of nitrogens with one attached hydrogen (secondary N) is 1. The molecule has 4 nitrogen and oxygen atoms in total. The Balaban J connectivity index is 2.69. The van der Waals surface area contributed by atoms with Crippen molar-refractivity contribution in [3.63, 3.8) is 0 Å². The summed E-state index contributed by atoms with van der Waals surface area (Å²) in [5.74, 6) is 0.116. The van der Waals surface area contributed by atoms with Crippen LogP contribution in [0.25, 0.3) is 0 Å². The van der Waals surface area contributed by atoms with Gasteiger partial charge in [0.25, 0.3) is 5.91 Å². The van der Waals surface area contributed by atoms with E-state index in [0.717, 1.165) is 0 Å². The molecule has 100 valence electrons. The maximum atomic E-state index is 12.0. The quantitative estimate of drug-likeness (QED) is 0.829. The van der Waals surface area contributed by atoms with Crippen LogP contribution in [-0.4, -0.2) is 17.4 Å². The van der Waals surface area contributed by atoms with E-state index < -0.39 is 0 Å². The number of rotatable bonds is 3. The topological polar surface area (TPSA) is 68.0 Å². The molecule has 1 aromatic heterocycles. The van der Waals surface area contributed by atoms with Gasteiger partial charge in [0.1, 0.15) is 5.15 Å². The highest BCUT2D eigenvalue weighted by molar-refractivity contribution is 6.32. The fraction of sp³-hybridized carbons (Fsp3) is 0.538. The molecule has 18 heavy (non-hydrogen) atoms. The second-order valence-corrected chi connectivity index (χ2v) is 5.94. The van der Waals surface area contributed by atoms with Crippen LogP contribution in [0.5, 0.6) is 0 Å². The number of pyridine rings is 1. The zero-order chi connectivity index (χ0) is 13.9. The molecule has 0 saturated heterocycles. The van der Waals surface area contributed by atoms with Gasteiger partial charge in [-0.1, -0.05) is 39.3 Å². The highest BCUT2D eigenvalue weighted by atomic mass is 35.5. The van der Waals surface area contributed by atoms with Crippen molar-refractivity contribution in [3.05, 3.63) is 23.0 Å². The Bertz CT molecular complexity index is 440. The van der Waals surface area contributed by atoms with E-state index in [4.69, 9.17) is 17.3 Å². The third-order valence-electron chi connectivity index (χ3n) is 3.15. The first-order valence-electron chi connectivity index (χ1n) is 5.91. The molecule has 0 radical (unpaired) electrons. The average molecular weight is 270 g/mol. The predicted octanol–water partition coefficient (Wildman–Crippen LogP) is 2.73. The number of aromatic nitrogens is 1. The SMILES string of the molecule is CC(CNC(=O)c1cc(N)cnc1Cl)C(C)(C)C. The van der Waals surface area contributed by atoms with Gasteiger partial charge in [-0.2, -0.15) is 0 Å². The minimum absolute atomic E-state index is 0.144. The van der Waals surface area contributed by atoms with Crippen molar-refractivity contribution in [3.8, 4) is 0 Å². The lowest BCUT2D eigenvalue weighted by atomic mass is 9.82. The summed E-state index contributed by atoms with van der Waals surface area (Å²) in [4.78, 5) is 15.8. The Morgan fingerprint density at radius 3 is 2.72 bits per heavy atom. The number of hydrogen-bond donors (Lipinski definition) is 2. The van der Waals surface area contributed by atoms with Crippen LogP contribution >= 0.6 is 11.6 Å². The third kappa shape index (κ3) is 3.88. The summed E-state index contributed by atoms with van der Waals surface area (Å²) in [6, 6.07) is 1.53. The summed E-state index contributed by atoms with van der Waals surface area (Å²) in [5, 5.41) is 3.03. The van der Waals surface area contributed by atoms with Gasteiger partial charge in [0.15, 0.2) is 0 Å². The van der Waals surface area contributed by atoms with Crippen LogP contribution in [0.4, 0.5) is 5.69 Å². The monoisotopic (exact) mass is 269 g/mol. The molecule has 3 N–H and O–H groups in total. The van der Waals surface area contributed by atoms with Gasteiger partial charge in [-0.25, -0.2) is 4.98 Å². The van der Waals surface area contributed by atoms with Crippen LogP contribution in [0.3, 0.4) is 0 Å². The zero-order valence-electron chi connectivity index (χ0n) is 11.2. The van der Waals surface area contributed by atoms with Crippen LogP contribution in [0.2, 0.25) is 5.15 Å². The summed E-state index contributed by atoms with van der Waals surface area (Å²) in [5.41, 5.74) is 6.48. The van der Waals surface area contributed by atoms with Gasteiger partial charge in [0.05, 0.1) is 17.4 Å². The number of nitrogens with zero attached hydrogens (tertiary/aromatic N) is 1. The van der Waals surface area contributed by atoms with E-state index in [1.165, 1.54) is 12.3 Å². The number of nitrogen functional groups attached to an aromatic ring is 1. The highest BCUT2D eigenvalue weighted by Gasteiger charge is 2.21. The molecular formula is C13H20ClN3O. The van der Waals surface area contributed by atoms with Crippen molar-refractivity contribution in [2.75, 3.05) is 12.3 Å². The maximum Gasteiger partial charge on any atom is 0.254 e. The van der Waals surface area contributed by atoms with Crippen LogP contribution < -0.4 is 11.1 Å². The molecule has 1 amide bonds. The number of halogens is 1. The Kier molecular flexibility index (Phi) is 4.57. The molecule has 0 aliphatic rings. The van der Waals surface area contributed by atoms with Gasteiger partial charge in [-0.15, -0.1) is 0 Å². The molecule has 0 aromatic carbocycles. The molecule has 1 rings (SSSR count). The van der Waals surface area contributed by atoms with Gasteiger partial charge in [-0.3, -0.25) is 4.79 Å². The molecule has 1 atom stereocenters. The number of amides is 1. The normalized spacial score (nSPS) is 13.2. The second-order valence-electron chi connectivity index (χ2n) is 5.58. The summed E-state index contributed by atoms with van der Waals surface area (Å²) in [7, 11) is 0. The molecule has 1 heterocycles. The molecule has 0 spiro atoms. The average Bonchev–Trinajstić information content (AvgIpc) is 2.27. The zero-order valence-corrected chi connectivity index (χ0v) is 12.0. The van der Waals surface area contributed by atoms with E-state index in [1.807, 2.05) is 0 Å². The van der Waals surface area contributed by atoms with Gasteiger partial charge < -0.3 is 11.1 Å². The van der Waals surface area contributed by atoms with E-state index in [1.54, 1.807) is 0 Å². The molecule has 1 aromatic rings. The molecule has 5 heteroatoms. The van der Waals surface area contributed by atoms with Crippen molar-refractivity contribution < 1.29 is 4.79 Å². The van der Waals surface area contributed by atoms with Crippen molar-refractivity contribution in [2.24, 2.45) is 11.3 Å². The fourth-order valence-corrected chi connectivity index (χ4v) is 1.46. The maximum absolute atomic E-state index is 12.0. The van der Waals surface area contributed by atoms with Gasteiger partial charge in [-0.05, 0) is 17.4 Å². The molecule has 0 saturated carbocycles. The second kappa shape index (κ2) is 5.57. The molecular weight excluding hydrogens is 250 g/mol. The summed E-state index contributed by atoms with van der Waals surface area (Å²) < 4.78 is 0. The number of hydrogen-bond acceptors (Lipinski definition) is 3. The Hall–Kier alpha value is -1.29. The van der Waals surface area contributed by atoms with Crippen molar-refractivity contribution in [1.82, 2.24) is 10.3 Å². The van der Waals surface area contributed by atoms with Crippen LogP contribution in [0.1, 0.15) is 38.1 Å². The number of carbonyl (C=O) groups excluding carboxylic acids is 1. The third-order valence-corrected chi connectivity index (χ3v) is 3.45. The smallest absolute Gasteiger partial charge is 0.254 e. The highest BCUT2D eigenvalue weighted by Crippen LogP contribution is 2.24. The number of anilines is 1. The molecule has 1 unspecified atom stereocenters. The Morgan fingerprint density at radius 1 is 1.56 bits per heavy atom. The summed E-state index contributed by atoms with van der Waals surface area (Å²) in [6.07, 6.45) is 1.43. The minimum atomic E-state index is -0.240. The van der Waals surface area contributed by atoms with E-state index in [-0.39, 0.29) is 16.5 Å². The van der Waals surface area contributed by atoms with Gasteiger partial charge in [0, 0.05) is 6.54 Å². The van der Waals surface area contributed by atoms with E-state index in [0.29, 0.717) is 23.7 Å². The lowest BCUT2D eigenvalue weighted by Gasteiger charge is -2.27. The van der Waals surface area contributed by atoms with Crippen LogP contribution in [0.15, 0.2) is 12.3 Å². The summed E-state index contributed by atoms with van der Waals surface area (Å²) in [6.45, 7) is 9.10. The number of carbonyl (C=O) groups is 1. The van der Waals surface area contributed by atoms with E-state index in [9.17, 15) is 4.79 Å². The minimum Gasteiger partial charge on any atom is -0.397 e.